The van der Waals surface area contributed by atoms with Crippen LogP contribution in [0.1, 0.15) is 18.9 Å². The number of phosphoric ester groups is 1. The van der Waals surface area contributed by atoms with Gasteiger partial charge < -0.3 is 49.5 Å². The lowest BCUT2D eigenvalue weighted by atomic mass is 9.97. The van der Waals surface area contributed by atoms with E-state index in [9.17, 15) is 29.3 Å². The Morgan fingerprint density at radius 3 is 2.49 bits per heavy atom. The Kier molecular flexibility index (Phi) is 9.01. The van der Waals surface area contributed by atoms with Gasteiger partial charge >= 0.3 is 7.82 Å². The van der Waals surface area contributed by atoms with E-state index >= 15 is 0 Å². The van der Waals surface area contributed by atoms with Crippen LogP contribution in [0.25, 0.3) is 22.3 Å². The fourth-order valence-electron chi connectivity index (χ4n) is 5.37. The molecule has 6 heterocycles. The number of carbonyl (C=O) groups excluding carboxylic acids is 1. The second kappa shape index (κ2) is 12.8. The minimum absolute atomic E-state index is 0.0422. The van der Waals surface area contributed by atoms with E-state index in [-0.39, 0.29) is 41.2 Å². The third-order valence-electron chi connectivity index (χ3n) is 7.45. The topological polar surface area (TPSA) is 294 Å². The van der Waals surface area contributed by atoms with Crippen LogP contribution < -0.4 is 11.3 Å². The molecule has 0 radical (unpaired) electrons. The predicted molar refractivity (Wildman–Crippen MR) is 149 cm³/mol. The predicted octanol–water partition coefficient (Wildman–Crippen LogP) is -1.72. The van der Waals surface area contributed by atoms with Gasteiger partial charge in [-0.2, -0.15) is 0 Å². The lowest BCUT2D eigenvalue weighted by Gasteiger charge is -2.24. The molecule has 2 aliphatic heterocycles. The van der Waals surface area contributed by atoms with E-state index in [1.165, 1.54) is 28.1 Å². The molecule has 23 heteroatoms. The van der Waals surface area contributed by atoms with E-state index in [1.807, 2.05) is 0 Å². The third-order valence-corrected chi connectivity index (χ3v) is 8.73. The van der Waals surface area contributed by atoms with E-state index < -0.39 is 77.9 Å². The lowest BCUT2D eigenvalue weighted by molar-refractivity contribution is -0.110. The van der Waals surface area contributed by atoms with Crippen molar-refractivity contribution in [2.45, 2.75) is 49.4 Å². The van der Waals surface area contributed by atoms with Gasteiger partial charge in [0.2, 0.25) is 0 Å². The highest BCUT2D eigenvalue weighted by Gasteiger charge is 2.50. The van der Waals surface area contributed by atoms with Gasteiger partial charge in [0.1, 0.15) is 48.8 Å². The molecule has 2 fully saturated rings. The van der Waals surface area contributed by atoms with E-state index in [0.29, 0.717) is 6.29 Å². The monoisotopic (exact) mass is 671 g/mol. The summed E-state index contributed by atoms with van der Waals surface area (Å²) in [5.41, 5.74) is 5.88. The van der Waals surface area contributed by atoms with Gasteiger partial charge in [0, 0.05) is 12.3 Å². The number of aliphatic hydroxyl groups excluding tert-OH is 2. The van der Waals surface area contributed by atoms with Crippen LogP contribution in [-0.4, -0.2) is 109 Å². The van der Waals surface area contributed by atoms with Gasteiger partial charge in [-0.05, 0) is 0 Å². The number of aromatic amines is 1. The number of H-pyrrole nitrogens is 1. The molecule has 4 aromatic rings. The van der Waals surface area contributed by atoms with Crippen LogP contribution in [0, 0.1) is 5.92 Å². The molecule has 6 rings (SSSR count). The fraction of sp³-hybridized carbons (Fsp3) is 0.500. The second-order valence-electron chi connectivity index (χ2n) is 10.1. The van der Waals surface area contributed by atoms with Crippen molar-refractivity contribution in [3.63, 3.8) is 0 Å². The summed E-state index contributed by atoms with van der Waals surface area (Å²) in [6, 6.07) is 0. The van der Waals surface area contributed by atoms with Crippen LogP contribution in [0.5, 0.6) is 0 Å². The summed E-state index contributed by atoms with van der Waals surface area (Å²) in [5, 5.41) is 22.1. The molecule has 2 aliphatic rings. The number of aliphatic hydroxyl groups is 2. The van der Waals surface area contributed by atoms with Crippen molar-refractivity contribution >= 4 is 51.3 Å². The molecule has 10 atom stereocenters. The first kappa shape index (κ1) is 31.6. The highest BCUT2D eigenvalue weighted by atomic mass is 31.2. The molecule has 4 aromatic heterocycles. The van der Waals surface area contributed by atoms with Gasteiger partial charge in [-0.15, -0.1) is 0 Å². The van der Waals surface area contributed by atoms with Crippen molar-refractivity contribution in [1.29, 1.82) is 0 Å². The normalized spacial score (nSPS) is 30.1. The Balaban J connectivity index is 1.18. The first-order valence-electron chi connectivity index (χ1n) is 13.2. The number of carbonyl (C=O) groups is 1. The SMILES string of the molecule is Nc1ncnc2c1ncn2[C@@H]1O[C@H](COP(=O)(O)O[C@H]2[C@@H](O)[C@H](n3cnc4c(=O)[nH]cnc43)O[C@@H]2COPO)[C@@H](O)[C@H]1CC=O. The van der Waals surface area contributed by atoms with Crippen molar-refractivity contribution < 1.29 is 52.4 Å². The molecule has 0 aliphatic carbocycles. The van der Waals surface area contributed by atoms with Gasteiger partial charge in [-0.3, -0.25) is 23.0 Å². The fourth-order valence-corrected chi connectivity index (χ4v) is 6.58. The van der Waals surface area contributed by atoms with Crippen LogP contribution in [0.4, 0.5) is 5.82 Å². The second-order valence-corrected chi connectivity index (χ2v) is 11.9. The summed E-state index contributed by atoms with van der Waals surface area (Å²) >= 11 is 0. The zero-order chi connectivity index (χ0) is 31.9. The van der Waals surface area contributed by atoms with Crippen molar-refractivity contribution in [2.75, 3.05) is 18.9 Å². The van der Waals surface area contributed by atoms with E-state index in [2.05, 4.69) is 29.9 Å². The molecule has 7 N–H and O–H groups in total. The summed E-state index contributed by atoms with van der Waals surface area (Å²) in [6.45, 7) is -1.03. The van der Waals surface area contributed by atoms with Gasteiger partial charge in [0.05, 0.1) is 38.3 Å². The maximum absolute atomic E-state index is 13.1. The van der Waals surface area contributed by atoms with Crippen molar-refractivity contribution in [2.24, 2.45) is 5.92 Å². The molecule has 0 aromatic carbocycles. The summed E-state index contributed by atoms with van der Waals surface area (Å²) in [6.07, 6.45) is -3.86. The first-order valence-corrected chi connectivity index (χ1v) is 15.6. The van der Waals surface area contributed by atoms with Gasteiger partial charge in [-0.1, -0.05) is 0 Å². The van der Waals surface area contributed by atoms with Crippen molar-refractivity contribution in [1.82, 2.24) is 39.0 Å². The highest BCUT2D eigenvalue weighted by Crippen LogP contribution is 2.50. The molecule has 0 bridgehead atoms. The smallest absolute Gasteiger partial charge is 0.390 e. The Hall–Kier alpha value is -3.33. The standard InChI is InChI=1S/C22H27N9O12P2/c23-17-12-18(25-5-24-17)30(7-28-12)21-9(1-2-32)14(33)10(41-21)4-40-45(37,38)43-16-11(3-39-44-36)42-22(15(16)34)31-8-29-13-19(31)26-6-27-20(13)35/h2,5-11,14-16,21-22,33-34,36,44H,1,3-4H2,(H,37,38)(H2,23,24,25)(H,26,27,35)/t9-,10-,11-,14+,15-,16-,21-,22-/m1/s1. The number of fused-ring (bicyclic) bond motifs is 2. The van der Waals surface area contributed by atoms with Gasteiger partial charge in [-0.25, -0.2) is 29.5 Å². The molecule has 0 spiro atoms. The van der Waals surface area contributed by atoms with E-state index in [1.54, 1.807) is 0 Å². The van der Waals surface area contributed by atoms with Crippen LogP contribution in [0.2, 0.25) is 0 Å². The number of anilines is 1. The van der Waals surface area contributed by atoms with Crippen LogP contribution in [0.3, 0.4) is 0 Å². The third kappa shape index (κ3) is 6.00. The molecule has 45 heavy (non-hydrogen) atoms. The average Bonchev–Trinajstić information content (AvgIpc) is 3.77. The zero-order valence-corrected chi connectivity index (χ0v) is 24.7. The molecular weight excluding hydrogens is 644 g/mol. The number of nitrogens with zero attached hydrogens (tertiary/aromatic N) is 7. The number of nitrogen functional groups attached to an aromatic ring is 1. The average molecular weight is 671 g/mol. The van der Waals surface area contributed by atoms with Gasteiger partial charge in [0.15, 0.2) is 37.9 Å². The summed E-state index contributed by atoms with van der Waals surface area (Å²) in [4.78, 5) is 65.9. The van der Waals surface area contributed by atoms with E-state index in [0.717, 1.165) is 6.33 Å². The van der Waals surface area contributed by atoms with Crippen molar-refractivity contribution in [3.8, 4) is 0 Å². The van der Waals surface area contributed by atoms with Crippen molar-refractivity contribution in [3.05, 3.63) is 35.7 Å². The molecule has 242 valence electrons. The summed E-state index contributed by atoms with van der Waals surface area (Å²) < 4.78 is 43.1. The highest BCUT2D eigenvalue weighted by molar-refractivity contribution is 7.47. The summed E-state index contributed by atoms with van der Waals surface area (Å²) in [7, 11) is -5.98. The number of hydrogen-bond donors (Lipinski definition) is 6. The molecule has 21 nitrogen and oxygen atoms in total. The van der Waals surface area contributed by atoms with Crippen LogP contribution >= 0.6 is 16.9 Å². The van der Waals surface area contributed by atoms with Crippen LogP contribution in [-0.2, 0) is 32.4 Å². The quantitative estimate of drug-likeness (QED) is 0.0721. The first-order chi connectivity index (χ1) is 21.6. The molecule has 0 saturated carbocycles. The number of aromatic nitrogens is 8. The van der Waals surface area contributed by atoms with Crippen LogP contribution in [0.15, 0.2) is 30.1 Å². The maximum atomic E-state index is 13.1. The number of hydrogen-bond acceptors (Lipinski definition) is 17. The largest absolute Gasteiger partial charge is 0.472 e. The number of nitrogens with two attached hydrogens (primary N) is 1. The summed E-state index contributed by atoms with van der Waals surface area (Å²) in [5.74, 6) is -0.710. The Morgan fingerprint density at radius 2 is 1.73 bits per heavy atom. The number of ether oxygens (including phenoxy) is 2. The minimum Gasteiger partial charge on any atom is -0.390 e. The minimum atomic E-state index is -5.02. The van der Waals surface area contributed by atoms with E-state index in [4.69, 9.17) is 33.7 Å². The maximum Gasteiger partial charge on any atom is 0.472 e. The molecule has 2 saturated heterocycles. The zero-order valence-electron chi connectivity index (χ0n) is 22.8. The number of phosphoric acid groups is 1. The molecule has 0 amide bonds. The number of imidazole rings is 2. The number of nitrogens with one attached hydrogen (secondary N) is 1. The Labute approximate surface area is 252 Å². The Morgan fingerprint density at radius 1 is 1.02 bits per heavy atom. The van der Waals surface area contributed by atoms with Gasteiger partial charge in [0.25, 0.3) is 5.56 Å². The molecule has 2 unspecified atom stereocenters. The number of aldehydes is 1. The lowest BCUT2D eigenvalue weighted by Crippen LogP contribution is -2.36. The Bertz CT molecular complexity index is 1790. The number of rotatable bonds is 12. The molecular formula is C22H27N9O12P2.